The van der Waals surface area contributed by atoms with Crippen LogP contribution in [0.3, 0.4) is 0 Å². The molecule has 1 aromatic heterocycles. The lowest BCUT2D eigenvalue weighted by Crippen LogP contribution is -2.24. The van der Waals surface area contributed by atoms with Gasteiger partial charge in [-0.25, -0.2) is 4.98 Å². The smallest absolute Gasteiger partial charge is 0.262 e. The van der Waals surface area contributed by atoms with Gasteiger partial charge in [0.25, 0.3) is 5.56 Å². The summed E-state index contributed by atoms with van der Waals surface area (Å²) in [4.78, 5) is 30.0. The normalized spacial score (nSPS) is 11.0. The summed E-state index contributed by atoms with van der Waals surface area (Å²) in [6.07, 6.45) is 1.87. The largest absolute Gasteiger partial charge is 0.325 e. The van der Waals surface area contributed by atoms with Gasteiger partial charge in [-0.05, 0) is 49.6 Å². The number of aryl methyl sites for hydroxylation is 1. The van der Waals surface area contributed by atoms with E-state index in [0.717, 1.165) is 29.7 Å². The van der Waals surface area contributed by atoms with Crippen LogP contribution in [-0.4, -0.2) is 21.2 Å². The number of rotatable bonds is 7. The van der Waals surface area contributed by atoms with Crippen LogP contribution in [0.5, 0.6) is 0 Å². The van der Waals surface area contributed by atoms with Crippen molar-refractivity contribution in [1.82, 2.24) is 9.55 Å². The zero-order valence-electron chi connectivity index (χ0n) is 16.5. The van der Waals surface area contributed by atoms with Gasteiger partial charge in [0.1, 0.15) is 0 Å². The molecule has 0 atom stereocenters. The molecule has 0 bridgehead atoms. The highest BCUT2D eigenvalue weighted by Gasteiger charge is 2.13. The lowest BCUT2D eigenvalue weighted by atomic mass is 10.1. The first-order valence-electron chi connectivity index (χ1n) is 9.49. The third kappa shape index (κ3) is 4.44. The zero-order valence-corrected chi connectivity index (χ0v) is 17.3. The van der Waals surface area contributed by atoms with Crippen molar-refractivity contribution in [2.45, 2.75) is 45.3 Å². The number of nitrogens with zero attached hydrogens (tertiary/aromatic N) is 2. The molecule has 28 heavy (non-hydrogen) atoms. The number of carbonyl (C=O) groups excluding carboxylic acids is 1. The van der Waals surface area contributed by atoms with Gasteiger partial charge >= 0.3 is 0 Å². The molecule has 0 radical (unpaired) electrons. The SMILES string of the molecule is CCCCn1c(SCC(=O)Nc2cccc(C)c2C)nc2ccccc2c1=O. The summed E-state index contributed by atoms with van der Waals surface area (Å²) in [6, 6.07) is 13.2. The molecule has 2 aromatic carbocycles. The van der Waals surface area contributed by atoms with Crippen molar-refractivity contribution in [3.8, 4) is 0 Å². The number of thioether (sulfide) groups is 1. The fourth-order valence-electron chi connectivity index (χ4n) is 2.97. The average Bonchev–Trinajstić information content (AvgIpc) is 2.69. The highest BCUT2D eigenvalue weighted by molar-refractivity contribution is 7.99. The average molecular weight is 396 g/mol. The first kappa shape index (κ1) is 20.1. The van der Waals surface area contributed by atoms with E-state index in [1.54, 1.807) is 10.6 Å². The van der Waals surface area contributed by atoms with Crippen molar-refractivity contribution in [3.63, 3.8) is 0 Å². The molecule has 0 saturated carbocycles. The Labute approximate surface area is 169 Å². The van der Waals surface area contributed by atoms with Gasteiger partial charge in [0, 0.05) is 12.2 Å². The van der Waals surface area contributed by atoms with Crippen LogP contribution in [0.1, 0.15) is 30.9 Å². The molecule has 0 spiro atoms. The zero-order chi connectivity index (χ0) is 20.1. The van der Waals surface area contributed by atoms with E-state index in [1.165, 1.54) is 11.8 Å². The monoisotopic (exact) mass is 395 g/mol. The Morgan fingerprint density at radius 3 is 2.71 bits per heavy atom. The van der Waals surface area contributed by atoms with Crippen LogP contribution in [0, 0.1) is 13.8 Å². The second kappa shape index (κ2) is 9.06. The number of hydrogen-bond acceptors (Lipinski definition) is 4. The molecule has 0 aliphatic rings. The van der Waals surface area contributed by atoms with Gasteiger partial charge in [-0.15, -0.1) is 0 Å². The minimum absolute atomic E-state index is 0.0449. The second-order valence-electron chi connectivity index (χ2n) is 6.81. The second-order valence-corrected chi connectivity index (χ2v) is 7.75. The molecule has 0 aliphatic carbocycles. The van der Waals surface area contributed by atoms with Crippen LogP contribution in [-0.2, 0) is 11.3 Å². The van der Waals surface area contributed by atoms with Gasteiger partial charge in [0.15, 0.2) is 5.16 Å². The highest BCUT2D eigenvalue weighted by Crippen LogP contribution is 2.21. The third-order valence-electron chi connectivity index (χ3n) is 4.77. The summed E-state index contributed by atoms with van der Waals surface area (Å²) < 4.78 is 1.70. The first-order valence-corrected chi connectivity index (χ1v) is 10.5. The minimum Gasteiger partial charge on any atom is -0.325 e. The molecule has 1 amide bonds. The van der Waals surface area contributed by atoms with Crippen LogP contribution in [0.4, 0.5) is 5.69 Å². The maximum Gasteiger partial charge on any atom is 0.262 e. The molecule has 1 N–H and O–H groups in total. The van der Waals surface area contributed by atoms with Crippen LogP contribution < -0.4 is 10.9 Å². The van der Waals surface area contributed by atoms with Crippen molar-refractivity contribution < 1.29 is 4.79 Å². The molecular weight excluding hydrogens is 370 g/mol. The quantitative estimate of drug-likeness (QED) is 0.471. The summed E-state index contributed by atoms with van der Waals surface area (Å²) in [5.74, 6) is 0.0905. The van der Waals surface area contributed by atoms with E-state index < -0.39 is 0 Å². The number of hydrogen-bond donors (Lipinski definition) is 1. The standard InChI is InChI=1S/C22H25N3O2S/c1-4-5-13-25-21(27)17-10-6-7-11-19(17)24-22(25)28-14-20(26)23-18-12-8-9-15(2)16(18)3/h6-12H,4-5,13-14H2,1-3H3,(H,23,26). The molecule has 146 valence electrons. The predicted molar refractivity (Wildman–Crippen MR) is 116 cm³/mol. The van der Waals surface area contributed by atoms with Gasteiger partial charge in [-0.1, -0.05) is 49.4 Å². The molecule has 3 aromatic rings. The van der Waals surface area contributed by atoms with Gasteiger partial charge in [-0.3, -0.25) is 14.2 Å². The van der Waals surface area contributed by atoms with Crippen molar-refractivity contribution in [2.75, 3.05) is 11.1 Å². The Bertz CT molecular complexity index is 1060. The van der Waals surface area contributed by atoms with Crippen molar-refractivity contribution in [2.24, 2.45) is 0 Å². The van der Waals surface area contributed by atoms with E-state index in [2.05, 4.69) is 17.2 Å². The predicted octanol–water partition coefficient (Wildman–Crippen LogP) is 4.54. The van der Waals surface area contributed by atoms with Crippen molar-refractivity contribution in [1.29, 1.82) is 0 Å². The van der Waals surface area contributed by atoms with E-state index in [4.69, 9.17) is 0 Å². The summed E-state index contributed by atoms with van der Waals surface area (Å²) in [6.45, 7) is 6.70. The third-order valence-corrected chi connectivity index (χ3v) is 5.75. The van der Waals surface area contributed by atoms with Crippen LogP contribution >= 0.6 is 11.8 Å². The number of benzene rings is 2. The Hall–Kier alpha value is -2.60. The number of para-hydroxylation sites is 1. The fourth-order valence-corrected chi connectivity index (χ4v) is 3.80. The lowest BCUT2D eigenvalue weighted by molar-refractivity contribution is -0.113. The molecule has 0 saturated heterocycles. The first-order chi connectivity index (χ1) is 13.5. The van der Waals surface area contributed by atoms with Gasteiger partial charge in [0.2, 0.25) is 5.91 Å². The molecule has 0 fully saturated rings. The molecule has 0 aliphatic heterocycles. The molecule has 6 heteroatoms. The fraction of sp³-hybridized carbons (Fsp3) is 0.318. The minimum atomic E-state index is -0.108. The molecule has 5 nitrogen and oxygen atoms in total. The van der Waals surface area contributed by atoms with Crippen LogP contribution in [0.15, 0.2) is 52.4 Å². The van der Waals surface area contributed by atoms with Crippen molar-refractivity contribution >= 4 is 34.3 Å². The van der Waals surface area contributed by atoms with Crippen LogP contribution in [0.2, 0.25) is 0 Å². The molecule has 3 rings (SSSR count). The molecular formula is C22H25N3O2S. The van der Waals surface area contributed by atoms with Crippen molar-refractivity contribution in [3.05, 3.63) is 63.9 Å². The molecule has 1 heterocycles. The Balaban J connectivity index is 1.81. The summed E-state index contributed by atoms with van der Waals surface area (Å²) in [7, 11) is 0. The van der Waals surface area contributed by atoms with E-state index >= 15 is 0 Å². The van der Waals surface area contributed by atoms with E-state index in [9.17, 15) is 9.59 Å². The number of carbonyl (C=O) groups is 1. The Morgan fingerprint density at radius 2 is 1.93 bits per heavy atom. The summed E-state index contributed by atoms with van der Waals surface area (Å²) in [5, 5.41) is 4.17. The van der Waals surface area contributed by atoms with Gasteiger partial charge in [0.05, 0.1) is 16.7 Å². The summed E-state index contributed by atoms with van der Waals surface area (Å²) in [5.41, 5.74) is 3.63. The number of nitrogens with one attached hydrogen (secondary N) is 1. The van der Waals surface area contributed by atoms with E-state index in [-0.39, 0.29) is 17.2 Å². The Kier molecular flexibility index (Phi) is 6.52. The molecule has 0 unspecified atom stereocenters. The topological polar surface area (TPSA) is 64.0 Å². The number of amides is 1. The van der Waals surface area contributed by atoms with Gasteiger partial charge < -0.3 is 5.32 Å². The number of unbranched alkanes of at least 4 members (excludes halogenated alkanes) is 1. The van der Waals surface area contributed by atoms with E-state index in [1.807, 2.05) is 50.2 Å². The maximum atomic E-state index is 12.9. The van der Waals surface area contributed by atoms with Gasteiger partial charge in [-0.2, -0.15) is 0 Å². The van der Waals surface area contributed by atoms with E-state index in [0.29, 0.717) is 22.6 Å². The van der Waals surface area contributed by atoms with Crippen LogP contribution in [0.25, 0.3) is 10.9 Å². The maximum absolute atomic E-state index is 12.9. The highest BCUT2D eigenvalue weighted by atomic mass is 32.2. The number of aromatic nitrogens is 2. The lowest BCUT2D eigenvalue weighted by Gasteiger charge is -2.13. The summed E-state index contributed by atoms with van der Waals surface area (Å²) >= 11 is 1.30. The number of anilines is 1. The number of fused-ring (bicyclic) bond motifs is 1. The Morgan fingerprint density at radius 1 is 1.14 bits per heavy atom.